The quantitative estimate of drug-likeness (QED) is 0.125. The largest absolute Gasteiger partial charge is 0.468 e. The Kier molecular flexibility index (Phi) is 14.4. The third-order valence-electron chi connectivity index (χ3n) is 23.1. The maximum atomic E-state index is 18.1. The Morgan fingerprint density at radius 1 is 0.309 bits per heavy atom. The van der Waals surface area contributed by atoms with E-state index in [4.69, 9.17) is 18.3 Å². The Morgan fingerprint density at radius 2 is 0.645 bits per heavy atom. The number of benzene rings is 11. The third kappa shape index (κ3) is 9.90. The highest BCUT2D eigenvalue weighted by Gasteiger charge is 2.54. The van der Waals surface area contributed by atoms with Crippen molar-refractivity contribution in [2.24, 2.45) is 0 Å². The Hall–Kier alpha value is -11.9. The highest BCUT2D eigenvalue weighted by atomic mass is 19.2. The molecule has 0 bridgehead atoms. The fraction of sp³-hybridized carbons (Fsp3) is 0.209. The molecule has 110 heavy (non-hydrogen) atoms. The van der Waals surface area contributed by atoms with Crippen LogP contribution in [0.15, 0.2) is 167 Å². The molecule has 0 saturated heterocycles. The zero-order chi connectivity index (χ0) is 77.1. The predicted octanol–water partition coefficient (Wildman–Crippen LogP) is 18.8. The molecule has 0 unspecified atom stereocenters. The van der Waals surface area contributed by atoms with E-state index in [0.29, 0.717) is 173 Å². The summed E-state index contributed by atoms with van der Waals surface area (Å²) in [6.45, 7) is 26.5. The van der Waals surface area contributed by atoms with Gasteiger partial charge in [-0.15, -0.1) is 0 Å². The predicted molar refractivity (Wildman–Crippen MR) is 430 cm³/mol. The van der Waals surface area contributed by atoms with Gasteiger partial charge in [0.1, 0.15) is 57.2 Å². The van der Waals surface area contributed by atoms with Crippen LogP contribution in [0.3, 0.4) is 0 Å². The topological polar surface area (TPSA) is 105 Å². The monoisotopic (exact) mass is 1460 g/mol. The van der Waals surface area contributed by atoms with E-state index in [9.17, 15) is 10.5 Å². The summed E-state index contributed by atoms with van der Waals surface area (Å²) in [6.07, 6.45) is 0. The second-order valence-electron chi connectivity index (χ2n) is 34.5. The Bertz CT molecular complexity index is 6030. The van der Waals surface area contributed by atoms with Gasteiger partial charge in [-0.2, -0.15) is 10.5 Å². The van der Waals surface area contributed by atoms with Crippen molar-refractivity contribution >= 4 is 160 Å². The number of rotatable bonds is 4. The number of fused-ring (bicyclic) bond motifs is 16. The van der Waals surface area contributed by atoms with Gasteiger partial charge < -0.3 is 37.9 Å². The van der Waals surface area contributed by atoms with Crippen LogP contribution in [0.1, 0.15) is 133 Å². The first kappa shape index (κ1) is 68.6. The van der Waals surface area contributed by atoms with Crippen molar-refractivity contribution in [3.05, 3.63) is 243 Å². The highest BCUT2D eigenvalue weighted by Crippen LogP contribution is 2.54. The molecular formula is C91H71B3F6N6O4. The molecule has 0 aliphatic carbocycles. The molecule has 10 nitrogen and oxygen atoms in total. The molecule has 540 valence electrons. The first-order chi connectivity index (χ1) is 52.1. The van der Waals surface area contributed by atoms with Crippen molar-refractivity contribution in [3.63, 3.8) is 0 Å². The van der Waals surface area contributed by atoms with Gasteiger partial charge in [-0.05, 0) is 235 Å². The second kappa shape index (κ2) is 23.1. The summed E-state index contributed by atoms with van der Waals surface area (Å²) in [6, 6.07) is 50.0. The SMILES string of the molecule is Cc1cc2c3c(c1)Oc1cc4c(cc1B3c1cc3c(cc1O2)N(c1c(F)cc(C(C)(C)C)cc1F)c1cc(C)cc2c1B3c1oc3ccc(C#N)cc3c1N2c1ccc(C(C)(C)C)cc1F)B1c2oc3ccc(C#N)cc3c2N(c2ccc(C(C)(C)C)cc2F)c2cc(C)cc(c21)N4c1c(F)cc(C(C)(C)C)cc1F. The highest BCUT2D eigenvalue weighted by molar-refractivity contribution is 7.03. The van der Waals surface area contributed by atoms with E-state index in [0.717, 1.165) is 16.7 Å². The number of nitriles is 2. The molecule has 0 radical (unpaired) electrons. The summed E-state index contributed by atoms with van der Waals surface area (Å²) in [5.41, 5.74) is 11.5. The van der Waals surface area contributed by atoms with Gasteiger partial charge in [0.2, 0.25) is 0 Å². The lowest BCUT2D eigenvalue weighted by Crippen LogP contribution is -2.65. The van der Waals surface area contributed by atoms with E-state index in [1.807, 2.05) is 186 Å². The summed E-state index contributed by atoms with van der Waals surface area (Å²) in [7, 11) is 0. The lowest BCUT2D eigenvalue weighted by Gasteiger charge is -2.44. The van der Waals surface area contributed by atoms with E-state index in [1.165, 1.54) is 36.4 Å². The van der Waals surface area contributed by atoms with Gasteiger partial charge in [-0.25, -0.2) is 26.3 Å². The minimum Gasteiger partial charge on any atom is -0.468 e. The number of furan rings is 2. The summed E-state index contributed by atoms with van der Waals surface area (Å²) < 4.78 is 137. The van der Waals surface area contributed by atoms with Gasteiger partial charge in [0, 0.05) is 62.5 Å². The number of halogens is 6. The minimum atomic E-state index is -0.908. The molecule has 11 aromatic carbocycles. The number of aryl methyl sites for hydroxylation is 3. The first-order valence-electron chi connectivity index (χ1n) is 37.0. The van der Waals surface area contributed by atoms with E-state index < -0.39 is 76.7 Å². The van der Waals surface area contributed by atoms with E-state index in [2.05, 4.69) is 12.1 Å². The number of ether oxygens (including phenoxy) is 2. The van der Waals surface area contributed by atoms with Crippen LogP contribution in [0.2, 0.25) is 0 Å². The van der Waals surface area contributed by atoms with Crippen LogP contribution in [0, 0.1) is 78.3 Å². The van der Waals surface area contributed by atoms with Crippen LogP contribution in [0.25, 0.3) is 21.9 Å². The average Bonchev–Trinajstić information content (AvgIpc) is 1.30. The summed E-state index contributed by atoms with van der Waals surface area (Å²) in [5.74, 6) is -2.90. The molecule has 0 atom stereocenters. The number of anilines is 12. The molecule has 13 aromatic rings. The van der Waals surface area contributed by atoms with Crippen LogP contribution in [-0.4, -0.2) is 20.1 Å². The molecule has 6 aliphatic heterocycles. The molecule has 19 rings (SSSR count). The third-order valence-corrected chi connectivity index (χ3v) is 23.1. The van der Waals surface area contributed by atoms with E-state index in [-0.39, 0.29) is 22.7 Å². The standard InChI is InChI=1S/C91H71B3F6N6O4/c1-44-24-69-79-71(26-44)105(84-61(97)34-51(35-62(84)98)90(10,11)12)67-40-75-57(38-55(67)93(79)86-82(53-30-47(42-101)16-22-73(53)109-86)103(69)65-20-18-49(32-59(65)95)88(4,5)6)92-58-39-56-68(41-76(58)108-78-29-46(3)28-77(107-75)81(78)92)106(85-63(99)36-52(37-64(85)100)91(13,14)15)72-27-45(2)25-70-80(72)94(56)87-83(54-31-48(43-102)17-23-74(54)110-87)104(70)66-21-19-50(33-60(66)96)89(7,8)9/h16-41H,1-15H3. The van der Waals surface area contributed by atoms with E-state index in [1.54, 1.807) is 58.3 Å². The Balaban J connectivity index is 0.910. The molecule has 8 heterocycles. The lowest BCUT2D eigenvalue weighted by atomic mass is 9.30. The first-order valence-corrected chi connectivity index (χ1v) is 37.0. The number of hydrogen-bond donors (Lipinski definition) is 0. The fourth-order valence-electron chi connectivity index (χ4n) is 17.7. The number of hydrogen-bond acceptors (Lipinski definition) is 10. The van der Waals surface area contributed by atoms with Crippen LogP contribution < -0.4 is 78.6 Å². The van der Waals surface area contributed by atoms with Crippen LogP contribution in [-0.2, 0) is 21.7 Å². The van der Waals surface area contributed by atoms with Gasteiger partial charge in [-0.3, -0.25) is 0 Å². The maximum absolute atomic E-state index is 18.1. The Labute approximate surface area is 634 Å². The van der Waals surface area contributed by atoms with Crippen molar-refractivity contribution in [1.82, 2.24) is 0 Å². The van der Waals surface area contributed by atoms with Crippen molar-refractivity contribution in [2.75, 3.05) is 19.6 Å². The molecule has 0 fully saturated rings. The van der Waals surface area contributed by atoms with Crippen molar-refractivity contribution in [3.8, 4) is 35.1 Å². The van der Waals surface area contributed by atoms with Gasteiger partial charge in [0.15, 0.2) is 23.3 Å². The smallest absolute Gasteiger partial charge is 0.297 e. The molecule has 0 N–H and O–H groups in total. The molecule has 6 aliphatic rings. The van der Waals surface area contributed by atoms with Crippen LogP contribution in [0.4, 0.5) is 94.6 Å². The average molecular weight is 1460 g/mol. The summed E-state index contributed by atoms with van der Waals surface area (Å²) in [5, 5.41) is 22.2. The van der Waals surface area contributed by atoms with Gasteiger partial charge in [0.25, 0.3) is 20.1 Å². The summed E-state index contributed by atoms with van der Waals surface area (Å²) in [4.78, 5) is 6.86. The molecule has 0 saturated carbocycles. The van der Waals surface area contributed by atoms with Crippen molar-refractivity contribution in [1.29, 1.82) is 10.5 Å². The zero-order valence-corrected chi connectivity index (χ0v) is 63.3. The van der Waals surface area contributed by atoms with Gasteiger partial charge >= 0.3 is 0 Å². The van der Waals surface area contributed by atoms with Crippen LogP contribution in [0.5, 0.6) is 23.0 Å². The van der Waals surface area contributed by atoms with Crippen molar-refractivity contribution < 1.29 is 44.7 Å². The molecule has 19 heteroatoms. The molecule has 0 amide bonds. The minimum absolute atomic E-state index is 0.172. The second-order valence-corrected chi connectivity index (χ2v) is 34.5. The maximum Gasteiger partial charge on any atom is 0.297 e. The lowest BCUT2D eigenvalue weighted by molar-refractivity contribution is 0.464. The molecular weight excluding hydrogens is 1390 g/mol. The normalized spacial score (nSPS) is 14.2. The van der Waals surface area contributed by atoms with Crippen molar-refractivity contribution in [2.45, 2.75) is 126 Å². The fourth-order valence-corrected chi connectivity index (χ4v) is 17.7. The number of nitrogens with zero attached hydrogens (tertiary/aromatic N) is 6. The Morgan fingerprint density at radius 3 is 0.982 bits per heavy atom. The van der Waals surface area contributed by atoms with Crippen LogP contribution >= 0.6 is 0 Å². The van der Waals surface area contributed by atoms with E-state index >= 15 is 26.3 Å². The van der Waals surface area contributed by atoms with Gasteiger partial charge in [0.05, 0.1) is 57.3 Å². The zero-order valence-electron chi connectivity index (χ0n) is 63.3. The summed E-state index contributed by atoms with van der Waals surface area (Å²) >= 11 is 0. The van der Waals surface area contributed by atoms with Gasteiger partial charge in [-0.1, -0.05) is 107 Å². The molecule has 0 spiro atoms. The molecule has 2 aromatic heterocycles.